The molecule has 2 rings (SSSR count). The van der Waals surface area contributed by atoms with Gasteiger partial charge >= 0.3 is 0 Å². The van der Waals surface area contributed by atoms with Crippen LogP contribution in [0, 0.1) is 0 Å². The molecule has 0 aliphatic heterocycles. The Kier molecular flexibility index (Phi) is 5.89. The molecule has 1 aromatic carbocycles. The summed E-state index contributed by atoms with van der Waals surface area (Å²) in [4.78, 5) is 0. The Bertz CT molecular complexity index is 499. The Hall–Kier alpha value is -0.840. The van der Waals surface area contributed by atoms with E-state index in [0.29, 0.717) is 0 Å². The second kappa shape index (κ2) is 7.68. The van der Waals surface area contributed by atoms with Crippen molar-refractivity contribution in [2.45, 2.75) is 19.9 Å². The van der Waals surface area contributed by atoms with Crippen LogP contribution in [-0.4, -0.2) is 13.2 Å². The fraction of sp³-hybridized carbons (Fsp3) is 0.333. The van der Waals surface area contributed by atoms with Gasteiger partial charge in [0.1, 0.15) is 5.75 Å². The van der Waals surface area contributed by atoms with Gasteiger partial charge in [-0.3, -0.25) is 0 Å². The van der Waals surface area contributed by atoms with Crippen LogP contribution >= 0.6 is 27.3 Å². The van der Waals surface area contributed by atoms with Crippen LogP contribution in [0.3, 0.4) is 0 Å². The van der Waals surface area contributed by atoms with Crippen LogP contribution in [0.5, 0.6) is 5.75 Å². The van der Waals surface area contributed by atoms with Crippen LogP contribution in [0.4, 0.5) is 0 Å². The van der Waals surface area contributed by atoms with Gasteiger partial charge in [-0.05, 0) is 47.1 Å². The maximum atomic E-state index is 5.91. The first kappa shape index (κ1) is 14.6. The van der Waals surface area contributed by atoms with E-state index in [-0.39, 0.29) is 0 Å². The second-order valence-corrected chi connectivity index (χ2v) is 5.96. The topological polar surface area (TPSA) is 21.3 Å². The smallest absolute Gasteiger partial charge is 0.123 e. The standard InChI is InChI=1S/C15H18BrNOS/c1-2-17-10-13-9-14(16)3-4-15(13)18-7-5-12-6-8-19-11-12/h3-4,6,8-9,11,17H,2,5,7,10H2,1H3. The van der Waals surface area contributed by atoms with E-state index >= 15 is 0 Å². The molecule has 0 unspecified atom stereocenters. The van der Waals surface area contributed by atoms with Gasteiger partial charge < -0.3 is 10.1 Å². The third kappa shape index (κ3) is 4.64. The molecule has 0 saturated heterocycles. The fourth-order valence-corrected chi connectivity index (χ4v) is 2.91. The van der Waals surface area contributed by atoms with Crippen molar-refractivity contribution in [2.75, 3.05) is 13.2 Å². The number of hydrogen-bond donors (Lipinski definition) is 1. The number of halogens is 1. The predicted octanol–water partition coefficient (Wildman–Crippen LogP) is 4.24. The number of thiophene rings is 1. The number of rotatable bonds is 7. The Morgan fingerprint density at radius 3 is 2.95 bits per heavy atom. The summed E-state index contributed by atoms with van der Waals surface area (Å²) in [6.07, 6.45) is 0.959. The molecule has 0 aliphatic rings. The highest BCUT2D eigenvalue weighted by molar-refractivity contribution is 9.10. The average Bonchev–Trinajstić information content (AvgIpc) is 2.91. The summed E-state index contributed by atoms with van der Waals surface area (Å²) in [6, 6.07) is 8.32. The molecule has 2 nitrogen and oxygen atoms in total. The van der Waals surface area contributed by atoms with E-state index in [2.05, 4.69) is 51.1 Å². The highest BCUT2D eigenvalue weighted by Crippen LogP contribution is 2.23. The molecule has 0 saturated carbocycles. The van der Waals surface area contributed by atoms with Crippen molar-refractivity contribution >= 4 is 27.3 Å². The average molecular weight is 340 g/mol. The van der Waals surface area contributed by atoms with Gasteiger partial charge in [0, 0.05) is 23.0 Å². The predicted molar refractivity (Wildman–Crippen MR) is 85.0 cm³/mol. The normalized spacial score (nSPS) is 10.6. The lowest BCUT2D eigenvalue weighted by atomic mass is 10.2. The SMILES string of the molecule is CCNCc1cc(Br)ccc1OCCc1ccsc1. The molecule has 0 amide bonds. The zero-order chi connectivity index (χ0) is 13.5. The zero-order valence-corrected chi connectivity index (χ0v) is 13.4. The van der Waals surface area contributed by atoms with E-state index in [0.717, 1.165) is 36.3 Å². The van der Waals surface area contributed by atoms with Crippen molar-refractivity contribution in [2.24, 2.45) is 0 Å². The van der Waals surface area contributed by atoms with Crippen molar-refractivity contribution < 1.29 is 4.74 Å². The van der Waals surface area contributed by atoms with Crippen LogP contribution in [0.15, 0.2) is 39.5 Å². The molecule has 1 heterocycles. The Morgan fingerprint density at radius 1 is 1.32 bits per heavy atom. The number of nitrogens with one attached hydrogen (secondary N) is 1. The molecule has 0 atom stereocenters. The van der Waals surface area contributed by atoms with Crippen molar-refractivity contribution in [3.63, 3.8) is 0 Å². The van der Waals surface area contributed by atoms with E-state index in [1.54, 1.807) is 11.3 Å². The van der Waals surface area contributed by atoms with Crippen LogP contribution in [0.2, 0.25) is 0 Å². The van der Waals surface area contributed by atoms with Gasteiger partial charge in [-0.15, -0.1) is 0 Å². The summed E-state index contributed by atoms with van der Waals surface area (Å²) in [5, 5.41) is 7.61. The molecule has 19 heavy (non-hydrogen) atoms. The number of benzene rings is 1. The molecule has 4 heteroatoms. The van der Waals surface area contributed by atoms with Gasteiger partial charge in [-0.25, -0.2) is 0 Å². The van der Waals surface area contributed by atoms with Crippen molar-refractivity contribution in [1.82, 2.24) is 5.32 Å². The maximum absolute atomic E-state index is 5.91. The third-order valence-corrected chi connectivity index (χ3v) is 4.04. The van der Waals surface area contributed by atoms with E-state index < -0.39 is 0 Å². The Labute approximate surface area is 126 Å². The number of ether oxygens (including phenoxy) is 1. The molecule has 0 bridgehead atoms. The molecule has 102 valence electrons. The van der Waals surface area contributed by atoms with Crippen LogP contribution in [-0.2, 0) is 13.0 Å². The summed E-state index contributed by atoms with van der Waals surface area (Å²) in [6.45, 7) is 4.62. The third-order valence-electron chi connectivity index (χ3n) is 2.82. The summed E-state index contributed by atoms with van der Waals surface area (Å²) < 4.78 is 6.99. The minimum Gasteiger partial charge on any atom is -0.493 e. The lowest BCUT2D eigenvalue weighted by molar-refractivity contribution is 0.318. The van der Waals surface area contributed by atoms with Crippen LogP contribution in [0.25, 0.3) is 0 Å². The van der Waals surface area contributed by atoms with Crippen molar-refractivity contribution in [1.29, 1.82) is 0 Å². The van der Waals surface area contributed by atoms with E-state index in [1.165, 1.54) is 11.1 Å². The molecule has 1 aromatic heterocycles. The largest absolute Gasteiger partial charge is 0.493 e. The minimum atomic E-state index is 0.720. The highest BCUT2D eigenvalue weighted by atomic mass is 79.9. The first-order valence-electron chi connectivity index (χ1n) is 6.42. The van der Waals surface area contributed by atoms with E-state index in [9.17, 15) is 0 Å². The minimum absolute atomic E-state index is 0.720. The molecule has 0 aliphatic carbocycles. The van der Waals surface area contributed by atoms with Crippen molar-refractivity contribution in [3.8, 4) is 5.75 Å². The lowest BCUT2D eigenvalue weighted by Crippen LogP contribution is -2.13. The fourth-order valence-electron chi connectivity index (χ4n) is 1.80. The van der Waals surface area contributed by atoms with Gasteiger partial charge in [-0.2, -0.15) is 11.3 Å². The molecule has 1 N–H and O–H groups in total. The van der Waals surface area contributed by atoms with Gasteiger partial charge in [0.25, 0.3) is 0 Å². The molecule has 0 radical (unpaired) electrons. The molecule has 2 aromatic rings. The Balaban J connectivity index is 1.94. The second-order valence-electron chi connectivity index (χ2n) is 4.26. The lowest BCUT2D eigenvalue weighted by Gasteiger charge is -2.12. The summed E-state index contributed by atoms with van der Waals surface area (Å²) in [5.74, 6) is 0.972. The van der Waals surface area contributed by atoms with Crippen LogP contribution in [0.1, 0.15) is 18.1 Å². The first-order valence-corrected chi connectivity index (χ1v) is 8.16. The number of hydrogen-bond acceptors (Lipinski definition) is 3. The van der Waals surface area contributed by atoms with Gasteiger partial charge in [0.15, 0.2) is 0 Å². The summed E-state index contributed by atoms with van der Waals surface area (Å²) in [7, 11) is 0. The summed E-state index contributed by atoms with van der Waals surface area (Å²) in [5.41, 5.74) is 2.54. The van der Waals surface area contributed by atoms with E-state index in [1.807, 2.05) is 12.1 Å². The quantitative estimate of drug-likeness (QED) is 0.814. The van der Waals surface area contributed by atoms with Crippen LogP contribution < -0.4 is 10.1 Å². The van der Waals surface area contributed by atoms with Gasteiger partial charge in [0.05, 0.1) is 6.61 Å². The summed E-state index contributed by atoms with van der Waals surface area (Å²) >= 11 is 5.24. The molecular weight excluding hydrogens is 322 g/mol. The monoisotopic (exact) mass is 339 g/mol. The van der Waals surface area contributed by atoms with Gasteiger partial charge in [0.2, 0.25) is 0 Å². The molecule has 0 spiro atoms. The maximum Gasteiger partial charge on any atom is 0.123 e. The van der Waals surface area contributed by atoms with Gasteiger partial charge in [-0.1, -0.05) is 22.9 Å². The highest BCUT2D eigenvalue weighted by Gasteiger charge is 2.04. The molecule has 0 fully saturated rings. The zero-order valence-electron chi connectivity index (χ0n) is 11.0. The molecular formula is C15H18BrNOS. The first-order chi connectivity index (χ1) is 9.29. The van der Waals surface area contributed by atoms with E-state index in [4.69, 9.17) is 4.74 Å². The van der Waals surface area contributed by atoms with Crippen molar-refractivity contribution in [3.05, 3.63) is 50.6 Å². The Morgan fingerprint density at radius 2 is 2.21 bits per heavy atom.